The summed E-state index contributed by atoms with van der Waals surface area (Å²) in [5.41, 5.74) is 2.63. The van der Waals surface area contributed by atoms with Gasteiger partial charge in [0, 0.05) is 11.8 Å². The van der Waals surface area contributed by atoms with Crippen LogP contribution in [-0.2, 0) is 10.0 Å². The molecule has 1 aliphatic rings. The molecule has 0 spiro atoms. The molecule has 0 fully saturated rings. The summed E-state index contributed by atoms with van der Waals surface area (Å²) in [5, 5.41) is 2.49. The third kappa shape index (κ3) is 3.76. The van der Waals surface area contributed by atoms with Gasteiger partial charge in [0.1, 0.15) is 13.2 Å². The molecule has 8 nitrogen and oxygen atoms in total. The van der Waals surface area contributed by atoms with E-state index in [0.29, 0.717) is 30.4 Å². The summed E-state index contributed by atoms with van der Waals surface area (Å²) >= 11 is 0. The number of hydrogen-bond donors (Lipinski definition) is 3. The van der Waals surface area contributed by atoms with Gasteiger partial charge >= 0.3 is 6.03 Å². The Labute approximate surface area is 138 Å². The average molecular weight is 349 g/mol. The lowest BCUT2D eigenvalue weighted by Crippen LogP contribution is -2.43. The fourth-order valence-corrected chi connectivity index (χ4v) is 2.90. The van der Waals surface area contributed by atoms with Gasteiger partial charge in [0.25, 0.3) is 10.0 Å². The number of fused-ring (bicyclic) bond motifs is 1. The number of rotatable bonds is 4. The molecule has 1 aliphatic heterocycles. The highest BCUT2D eigenvalue weighted by Gasteiger charge is 2.19. The van der Waals surface area contributed by atoms with Crippen molar-refractivity contribution in [2.24, 2.45) is 0 Å². The van der Waals surface area contributed by atoms with Gasteiger partial charge in [-0.1, -0.05) is 18.2 Å². The summed E-state index contributed by atoms with van der Waals surface area (Å²) in [7, 11) is -3.94. The molecule has 9 heteroatoms. The van der Waals surface area contributed by atoms with Crippen LogP contribution in [0.3, 0.4) is 0 Å². The summed E-state index contributed by atoms with van der Waals surface area (Å²) in [6, 6.07) is 12.1. The lowest BCUT2D eigenvalue weighted by molar-refractivity contribution is 0.171. The number of ether oxygens (including phenoxy) is 2. The van der Waals surface area contributed by atoms with Gasteiger partial charge < -0.3 is 14.8 Å². The van der Waals surface area contributed by atoms with E-state index in [1.54, 1.807) is 30.3 Å². The quantitative estimate of drug-likeness (QED) is 0.725. The monoisotopic (exact) mass is 349 g/mol. The highest BCUT2D eigenvalue weighted by atomic mass is 32.2. The molecule has 126 valence electrons. The van der Waals surface area contributed by atoms with Gasteiger partial charge in [-0.15, -0.1) is 4.83 Å². The van der Waals surface area contributed by atoms with Crippen LogP contribution in [0.15, 0.2) is 53.4 Å². The SMILES string of the molecule is O=C(NNS(=O)(=O)c1ccc2c(c1)OCCO2)Nc1ccccc1. The molecule has 0 saturated carbocycles. The van der Waals surface area contributed by atoms with E-state index in [4.69, 9.17) is 9.47 Å². The number of benzene rings is 2. The van der Waals surface area contributed by atoms with Crippen molar-refractivity contribution >= 4 is 21.7 Å². The van der Waals surface area contributed by atoms with Crippen LogP contribution in [0.1, 0.15) is 0 Å². The van der Waals surface area contributed by atoms with Crippen molar-refractivity contribution in [3.05, 3.63) is 48.5 Å². The molecular formula is C15H15N3O5S. The molecule has 0 radical (unpaired) electrons. The van der Waals surface area contributed by atoms with Crippen molar-refractivity contribution in [1.29, 1.82) is 0 Å². The highest BCUT2D eigenvalue weighted by molar-refractivity contribution is 7.89. The molecule has 0 unspecified atom stereocenters. The molecular weight excluding hydrogens is 334 g/mol. The Morgan fingerprint density at radius 2 is 1.67 bits per heavy atom. The van der Waals surface area contributed by atoms with Crippen LogP contribution >= 0.6 is 0 Å². The number of urea groups is 1. The Balaban J connectivity index is 1.64. The maximum Gasteiger partial charge on any atom is 0.334 e. The van der Waals surface area contributed by atoms with E-state index in [1.165, 1.54) is 18.2 Å². The Hall–Kier alpha value is -2.78. The Bertz CT molecular complexity index is 839. The second kappa shape index (κ2) is 6.77. The number of amides is 2. The van der Waals surface area contributed by atoms with E-state index in [2.05, 4.69) is 10.7 Å². The minimum absolute atomic E-state index is 0.0493. The molecule has 0 aliphatic carbocycles. The van der Waals surface area contributed by atoms with Crippen LogP contribution in [0.25, 0.3) is 0 Å². The first-order valence-corrected chi connectivity index (χ1v) is 8.56. The lowest BCUT2D eigenvalue weighted by atomic mass is 10.3. The minimum atomic E-state index is -3.94. The van der Waals surface area contributed by atoms with E-state index in [0.717, 1.165) is 0 Å². The van der Waals surface area contributed by atoms with Gasteiger partial charge in [0.2, 0.25) is 0 Å². The van der Waals surface area contributed by atoms with Crippen molar-refractivity contribution in [3.63, 3.8) is 0 Å². The van der Waals surface area contributed by atoms with E-state index in [-0.39, 0.29) is 4.90 Å². The van der Waals surface area contributed by atoms with Crippen LogP contribution in [0.2, 0.25) is 0 Å². The van der Waals surface area contributed by atoms with Gasteiger partial charge in [-0.2, -0.15) is 0 Å². The van der Waals surface area contributed by atoms with Gasteiger partial charge in [0.15, 0.2) is 11.5 Å². The smallest absolute Gasteiger partial charge is 0.334 e. The van der Waals surface area contributed by atoms with Crippen LogP contribution < -0.4 is 25.0 Å². The molecule has 0 saturated heterocycles. The molecule has 0 bridgehead atoms. The summed E-state index contributed by atoms with van der Waals surface area (Å²) in [6.07, 6.45) is 0. The number of hydrogen-bond acceptors (Lipinski definition) is 5. The Morgan fingerprint density at radius 1 is 0.958 bits per heavy atom. The standard InChI is InChI=1S/C15H15N3O5S/c19-15(16-11-4-2-1-3-5-11)17-18-24(20,21)12-6-7-13-14(10-12)23-9-8-22-13/h1-7,10,18H,8-9H2,(H2,16,17,19). The van der Waals surface area contributed by atoms with Gasteiger partial charge in [0.05, 0.1) is 4.90 Å². The molecule has 3 N–H and O–H groups in total. The fourth-order valence-electron chi connectivity index (χ4n) is 2.05. The summed E-state index contributed by atoms with van der Waals surface area (Å²) in [5.74, 6) is 0.827. The minimum Gasteiger partial charge on any atom is -0.486 e. The van der Waals surface area contributed by atoms with Crippen molar-refractivity contribution < 1.29 is 22.7 Å². The zero-order valence-corrected chi connectivity index (χ0v) is 13.3. The number of sulfonamides is 1. The normalized spacial score (nSPS) is 13.2. The maximum absolute atomic E-state index is 12.2. The molecule has 0 atom stereocenters. The van der Waals surface area contributed by atoms with Crippen LogP contribution in [0.4, 0.5) is 10.5 Å². The predicted octanol–water partition coefficient (Wildman–Crippen LogP) is 1.47. The zero-order valence-electron chi connectivity index (χ0n) is 12.5. The van der Waals surface area contributed by atoms with Crippen molar-refractivity contribution in [2.45, 2.75) is 4.90 Å². The van der Waals surface area contributed by atoms with Crippen LogP contribution in [0, 0.1) is 0 Å². The topological polar surface area (TPSA) is 106 Å². The molecule has 24 heavy (non-hydrogen) atoms. The van der Waals surface area contributed by atoms with E-state index >= 15 is 0 Å². The number of nitrogens with one attached hydrogen (secondary N) is 3. The third-order valence-electron chi connectivity index (χ3n) is 3.15. The first kappa shape index (κ1) is 16.1. The first-order valence-electron chi connectivity index (χ1n) is 7.08. The number of para-hydroxylation sites is 1. The largest absolute Gasteiger partial charge is 0.486 e. The van der Waals surface area contributed by atoms with E-state index in [9.17, 15) is 13.2 Å². The predicted molar refractivity (Wildman–Crippen MR) is 86.3 cm³/mol. The Morgan fingerprint density at radius 3 is 2.42 bits per heavy atom. The maximum atomic E-state index is 12.2. The summed E-state index contributed by atoms with van der Waals surface area (Å²) in [4.78, 5) is 13.7. The molecule has 3 rings (SSSR count). The number of anilines is 1. The molecule has 1 heterocycles. The first-order chi connectivity index (χ1) is 11.5. The molecule has 0 aromatic heterocycles. The lowest BCUT2D eigenvalue weighted by Gasteiger charge is -2.19. The van der Waals surface area contributed by atoms with Gasteiger partial charge in [-0.25, -0.2) is 13.2 Å². The van der Waals surface area contributed by atoms with Crippen LogP contribution in [0.5, 0.6) is 11.5 Å². The third-order valence-corrected chi connectivity index (χ3v) is 4.40. The number of carbonyl (C=O) groups excluding carboxylic acids is 1. The molecule has 2 aromatic carbocycles. The summed E-state index contributed by atoms with van der Waals surface area (Å²) in [6.45, 7) is 0.764. The van der Waals surface area contributed by atoms with Gasteiger partial charge in [-0.3, -0.25) is 5.43 Å². The molecule has 2 aromatic rings. The van der Waals surface area contributed by atoms with Crippen LogP contribution in [-0.4, -0.2) is 27.7 Å². The van der Waals surface area contributed by atoms with Crippen molar-refractivity contribution in [1.82, 2.24) is 10.3 Å². The van der Waals surface area contributed by atoms with E-state index in [1.807, 2.05) is 4.83 Å². The average Bonchev–Trinajstić information content (AvgIpc) is 2.60. The van der Waals surface area contributed by atoms with Crippen molar-refractivity contribution in [2.75, 3.05) is 18.5 Å². The second-order valence-corrected chi connectivity index (χ2v) is 6.54. The molecule has 2 amide bonds. The van der Waals surface area contributed by atoms with Gasteiger partial charge in [-0.05, 0) is 24.3 Å². The zero-order chi connectivity index (χ0) is 17.0. The number of hydrazine groups is 1. The summed E-state index contributed by atoms with van der Waals surface area (Å²) < 4.78 is 35.1. The van der Waals surface area contributed by atoms with E-state index < -0.39 is 16.1 Å². The van der Waals surface area contributed by atoms with Crippen molar-refractivity contribution in [3.8, 4) is 11.5 Å². The highest BCUT2D eigenvalue weighted by Crippen LogP contribution is 2.31. The number of carbonyl (C=O) groups is 1. The second-order valence-electron chi connectivity index (χ2n) is 4.86. The Kier molecular flexibility index (Phi) is 4.54. The fraction of sp³-hybridized carbons (Fsp3) is 0.133.